The summed E-state index contributed by atoms with van der Waals surface area (Å²) >= 11 is 0. The van der Waals surface area contributed by atoms with Gasteiger partial charge in [-0.3, -0.25) is 0 Å². The van der Waals surface area contributed by atoms with Gasteiger partial charge in [0.2, 0.25) is 0 Å². The highest BCUT2D eigenvalue weighted by molar-refractivity contribution is 5.74. The normalized spacial score (nSPS) is 18.6. The molecule has 3 N–H and O–H groups in total. The van der Waals surface area contributed by atoms with E-state index in [2.05, 4.69) is 10.6 Å². The fourth-order valence-electron chi connectivity index (χ4n) is 1.90. The Labute approximate surface area is 106 Å². The smallest absolute Gasteiger partial charge is 0.315 e. The molecule has 18 heavy (non-hydrogen) atoms. The lowest BCUT2D eigenvalue weighted by Gasteiger charge is -2.22. The highest BCUT2D eigenvalue weighted by Gasteiger charge is 2.27. The zero-order valence-corrected chi connectivity index (χ0v) is 10.3. The minimum Gasteiger partial charge on any atom is -0.466 e. The molecule has 0 saturated heterocycles. The topological polar surface area (TPSA) is 74.5 Å². The van der Waals surface area contributed by atoms with Crippen LogP contribution < -0.4 is 10.6 Å². The maximum Gasteiger partial charge on any atom is 0.315 e. The summed E-state index contributed by atoms with van der Waals surface area (Å²) in [6.45, 7) is 1.70. The Kier molecular flexibility index (Phi) is 3.72. The lowest BCUT2D eigenvalue weighted by Crippen LogP contribution is -2.46. The molecule has 0 spiro atoms. The molecule has 5 heteroatoms. The van der Waals surface area contributed by atoms with Crippen LogP contribution in [0.3, 0.4) is 0 Å². The number of urea groups is 1. The maximum absolute atomic E-state index is 11.6. The predicted octanol–water partition coefficient (Wildman–Crippen LogP) is 1.50. The van der Waals surface area contributed by atoms with Crippen LogP contribution in [0.4, 0.5) is 4.79 Å². The number of hydrogen-bond acceptors (Lipinski definition) is 3. The Morgan fingerprint density at radius 2 is 2.28 bits per heavy atom. The van der Waals surface area contributed by atoms with Gasteiger partial charge in [-0.15, -0.1) is 0 Å². The van der Waals surface area contributed by atoms with E-state index < -0.39 is 5.60 Å². The molecule has 0 saturated carbocycles. The van der Waals surface area contributed by atoms with Crippen LogP contribution in [0.5, 0.6) is 0 Å². The first-order valence-corrected chi connectivity index (χ1v) is 6.04. The summed E-state index contributed by atoms with van der Waals surface area (Å²) in [5.74, 6) is 0.435. The van der Waals surface area contributed by atoms with E-state index in [-0.39, 0.29) is 18.6 Å². The molecule has 1 unspecified atom stereocenters. The first-order valence-electron chi connectivity index (χ1n) is 6.04. The lowest BCUT2D eigenvalue weighted by molar-refractivity contribution is 0.0366. The van der Waals surface area contributed by atoms with Crippen LogP contribution in [0.2, 0.25) is 0 Å². The Balaban J connectivity index is 1.78. The van der Waals surface area contributed by atoms with Gasteiger partial charge in [0.1, 0.15) is 11.4 Å². The minimum atomic E-state index is -1.20. The van der Waals surface area contributed by atoms with Gasteiger partial charge >= 0.3 is 6.03 Å². The van der Waals surface area contributed by atoms with Crippen LogP contribution in [-0.4, -0.2) is 23.7 Å². The number of furan rings is 1. The van der Waals surface area contributed by atoms with E-state index in [1.807, 2.05) is 12.2 Å². The van der Waals surface area contributed by atoms with Gasteiger partial charge in [0.25, 0.3) is 0 Å². The predicted molar refractivity (Wildman–Crippen MR) is 67.0 cm³/mol. The zero-order valence-electron chi connectivity index (χ0n) is 10.3. The third-order valence-electron chi connectivity index (χ3n) is 2.99. The van der Waals surface area contributed by atoms with E-state index in [0.717, 1.165) is 12.8 Å². The molecule has 0 aliphatic heterocycles. The first-order chi connectivity index (χ1) is 8.58. The monoisotopic (exact) mass is 250 g/mol. The van der Waals surface area contributed by atoms with Gasteiger partial charge in [-0.1, -0.05) is 12.2 Å². The Hall–Kier alpha value is -1.75. The molecule has 5 nitrogen and oxygen atoms in total. The number of aliphatic hydroxyl groups is 1. The third-order valence-corrected chi connectivity index (χ3v) is 2.99. The average Bonchev–Trinajstić information content (AvgIpc) is 2.99. The molecule has 1 aromatic heterocycles. The van der Waals surface area contributed by atoms with Crippen molar-refractivity contribution in [2.24, 2.45) is 0 Å². The van der Waals surface area contributed by atoms with Gasteiger partial charge in [0.05, 0.1) is 12.8 Å². The number of carbonyl (C=O) groups is 1. The summed E-state index contributed by atoms with van der Waals surface area (Å²) in [4.78, 5) is 11.6. The van der Waals surface area contributed by atoms with E-state index >= 15 is 0 Å². The quantitative estimate of drug-likeness (QED) is 0.709. The SMILES string of the molecule is CC(O)(CNC(=O)NC1CC=CC1)c1ccco1. The maximum atomic E-state index is 11.6. The van der Waals surface area contributed by atoms with Crippen molar-refractivity contribution in [1.82, 2.24) is 10.6 Å². The Morgan fingerprint density at radius 3 is 2.89 bits per heavy atom. The van der Waals surface area contributed by atoms with Gasteiger partial charge < -0.3 is 20.2 Å². The molecule has 0 radical (unpaired) electrons. The highest BCUT2D eigenvalue weighted by Crippen LogP contribution is 2.19. The minimum absolute atomic E-state index is 0.104. The van der Waals surface area contributed by atoms with Crippen molar-refractivity contribution >= 4 is 6.03 Å². The number of rotatable bonds is 4. The summed E-state index contributed by atoms with van der Waals surface area (Å²) in [6, 6.07) is 3.28. The fraction of sp³-hybridized carbons (Fsp3) is 0.462. The Morgan fingerprint density at radius 1 is 1.56 bits per heavy atom. The second kappa shape index (κ2) is 5.27. The van der Waals surface area contributed by atoms with Crippen LogP contribution in [0.15, 0.2) is 35.0 Å². The van der Waals surface area contributed by atoms with Crippen molar-refractivity contribution < 1.29 is 14.3 Å². The molecule has 1 aromatic rings. The molecule has 1 aliphatic carbocycles. The molecule has 1 heterocycles. The summed E-state index contributed by atoms with van der Waals surface area (Å²) in [7, 11) is 0. The molecular formula is C13H18N2O3. The van der Waals surface area contributed by atoms with Gasteiger partial charge in [-0.25, -0.2) is 4.79 Å². The van der Waals surface area contributed by atoms with Crippen molar-refractivity contribution in [2.75, 3.05) is 6.54 Å². The van der Waals surface area contributed by atoms with Crippen LogP contribution in [0, 0.1) is 0 Å². The molecule has 1 aliphatic rings. The van der Waals surface area contributed by atoms with Crippen molar-refractivity contribution in [3.63, 3.8) is 0 Å². The molecule has 2 rings (SSSR count). The summed E-state index contributed by atoms with van der Waals surface area (Å²) < 4.78 is 5.13. The van der Waals surface area contributed by atoms with Crippen LogP contribution >= 0.6 is 0 Å². The molecule has 98 valence electrons. The van der Waals surface area contributed by atoms with Crippen LogP contribution in [-0.2, 0) is 5.60 Å². The van der Waals surface area contributed by atoms with E-state index in [0.29, 0.717) is 5.76 Å². The van der Waals surface area contributed by atoms with Crippen molar-refractivity contribution in [3.8, 4) is 0 Å². The fourth-order valence-corrected chi connectivity index (χ4v) is 1.90. The van der Waals surface area contributed by atoms with Gasteiger partial charge in [0.15, 0.2) is 0 Å². The lowest BCUT2D eigenvalue weighted by atomic mass is 10.0. The largest absolute Gasteiger partial charge is 0.466 e. The summed E-state index contributed by atoms with van der Waals surface area (Å²) in [6.07, 6.45) is 7.31. The average molecular weight is 250 g/mol. The van der Waals surface area contributed by atoms with Gasteiger partial charge in [0, 0.05) is 6.04 Å². The van der Waals surface area contributed by atoms with E-state index in [1.165, 1.54) is 6.26 Å². The second-order valence-corrected chi connectivity index (χ2v) is 4.72. The van der Waals surface area contributed by atoms with Crippen molar-refractivity contribution in [2.45, 2.75) is 31.4 Å². The third kappa shape index (κ3) is 3.13. The molecule has 0 bridgehead atoms. The van der Waals surface area contributed by atoms with Crippen LogP contribution in [0.25, 0.3) is 0 Å². The number of nitrogens with one attached hydrogen (secondary N) is 2. The Bertz CT molecular complexity index is 415. The molecule has 2 amide bonds. The number of carbonyl (C=O) groups excluding carboxylic acids is 1. The van der Waals surface area contributed by atoms with Crippen molar-refractivity contribution in [1.29, 1.82) is 0 Å². The molecule has 0 fully saturated rings. The second-order valence-electron chi connectivity index (χ2n) is 4.72. The summed E-state index contributed by atoms with van der Waals surface area (Å²) in [5, 5.41) is 15.6. The summed E-state index contributed by atoms with van der Waals surface area (Å²) in [5.41, 5.74) is -1.20. The molecular weight excluding hydrogens is 232 g/mol. The molecule has 0 aromatic carbocycles. The standard InChI is InChI=1S/C13H18N2O3/c1-13(17,11-7-4-8-18-11)9-14-12(16)15-10-5-2-3-6-10/h2-4,7-8,10,17H,5-6,9H2,1H3,(H2,14,15,16). The highest BCUT2D eigenvalue weighted by atomic mass is 16.4. The van der Waals surface area contributed by atoms with Crippen LogP contribution in [0.1, 0.15) is 25.5 Å². The zero-order chi connectivity index (χ0) is 13.0. The van der Waals surface area contributed by atoms with E-state index in [9.17, 15) is 9.90 Å². The van der Waals surface area contributed by atoms with Gasteiger partial charge in [-0.2, -0.15) is 0 Å². The molecule has 1 atom stereocenters. The van der Waals surface area contributed by atoms with E-state index in [1.54, 1.807) is 19.1 Å². The number of amides is 2. The first kappa shape index (κ1) is 12.7. The van der Waals surface area contributed by atoms with Gasteiger partial charge in [-0.05, 0) is 31.9 Å². The van der Waals surface area contributed by atoms with Crippen molar-refractivity contribution in [3.05, 3.63) is 36.3 Å². The number of hydrogen-bond donors (Lipinski definition) is 3. The van der Waals surface area contributed by atoms with E-state index in [4.69, 9.17) is 4.42 Å².